The van der Waals surface area contributed by atoms with E-state index in [0.29, 0.717) is 30.3 Å². The highest BCUT2D eigenvalue weighted by Gasteiger charge is 2.44. The second-order valence-electron chi connectivity index (χ2n) is 8.98. The minimum Gasteiger partial charge on any atom is -0.476 e. The van der Waals surface area contributed by atoms with E-state index >= 15 is 0 Å². The largest absolute Gasteiger partial charge is 0.476 e. The fourth-order valence-electron chi connectivity index (χ4n) is 3.46. The highest BCUT2D eigenvalue weighted by molar-refractivity contribution is 6.76. The average molecular weight is 444 g/mol. The molecule has 0 aliphatic carbocycles. The molecule has 0 bridgehead atoms. The first kappa shape index (κ1) is 20.6. The monoisotopic (exact) mass is 443 g/mol. The zero-order chi connectivity index (χ0) is 22.7. The van der Waals surface area contributed by atoms with Gasteiger partial charge in [0.05, 0.1) is 25.6 Å². The first-order valence-corrected chi connectivity index (χ1v) is 14.2. The van der Waals surface area contributed by atoms with Crippen LogP contribution in [0.3, 0.4) is 0 Å². The summed E-state index contributed by atoms with van der Waals surface area (Å²) in [6, 6.07) is 10.8. The first-order chi connectivity index (χ1) is 15.4. The molecule has 0 unspecified atom stereocenters. The summed E-state index contributed by atoms with van der Waals surface area (Å²) in [7, 11) is -1.24. The second kappa shape index (κ2) is 9.03. The van der Waals surface area contributed by atoms with E-state index in [-0.39, 0.29) is 6.90 Å². The van der Waals surface area contributed by atoms with E-state index in [9.17, 15) is 5.11 Å². The van der Waals surface area contributed by atoms with E-state index in [4.69, 9.17) is 15.6 Å². The molecule has 166 valence electrons. The molecule has 0 amide bonds. The van der Waals surface area contributed by atoms with Gasteiger partial charge >= 0.3 is 0 Å². The minimum atomic E-state index is -1.24. The average Bonchev–Trinajstić information content (AvgIpc) is 3.33. The quantitative estimate of drug-likeness (QED) is 0.534. The van der Waals surface area contributed by atoms with Gasteiger partial charge in [-0.3, -0.25) is 4.57 Å². The van der Waals surface area contributed by atoms with E-state index in [1.807, 2.05) is 30.3 Å². The molecule has 8 nitrogen and oxygen atoms in total. The van der Waals surface area contributed by atoms with Crippen molar-refractivity contribution in [3.05, 3.63) is 48.5 Å². The van der Waals surface area contributed by atoms with Crippen LogP contribution in [0.25, 0.3) is 11.2 Å². The molecule has 0 spiro atoms. The van der Waals surface area contributed by atoms with Gasteiger partial charge in [-0.15, -0.1) is 0 Å². The van der Waals surface area contributed by atoms with E-state index in [1.54, 1.807) is 10.9 Å². The zero-order valence-corrected chi connectivity index (χ0v) is 19.1. The van der Waals surface area contributed by atoms with E-state index in [2.05, 4.69) is 34.6 Å². The second-order valence-corrected chi connectivity index (χ2v) is 14.6. The van der Waals surface area contributed by atoms with Gasteiger partial charge in [0, 0.05) is 9.44 Å². The molecule has 1 aliphatic heterocycles. The lowest BCUT2D eigenvalue weighted by Crippen LogP contribution is -2.33. The van der Waals surface area contributed by atoms with E-state index in [1.165, 1.54) is 6.33 Å². The predicted octanol–water partition coefficient (Wildman–Crippen LogP) is 3.41. The molecule has 1 aromatic carbocycles. The number of hydrogen-bond donors (Lipinski definition) is 1. The molecule has 1 fully saturated rings. The third-order valence-corrected chi connectivity index (χ3v) is 6.99. The summed E-state index contributed by atoms with van der Waals surface area (Å²) >= 11 is 0. The number of aliphatic hydroxyl groups excluding tert-OH is 1. The molecule has 3 heterocycles. The van der Waals surface area contributed by atoms with Gasteiger partial charge in [-0.05, 0) is 18.5 Å². The molecule has 4 rings (SSSR count). The molecule has 9 heteroatoms. The maximum Gasteiger partial charge on any atom is 0.245 e. The van der Waals surface area contributed by atoms with Crippen LogP contribution in [0, 0.1) is 0 Å². The number of nitrogens with zero attached hydrogens (tertiary/aromatic N) is 4. The summed E-state index contributed by atoms with van der Waals surface area (Å²) in [5.41, 5.74) is 2.07. The van der Waals surface area contributed by atoms with Crippen LogP contribution >= 0.6 is 0 Å². The molecule has 0 radical (unpaired) electrons. The molecule has 4 atom stereocenters. The Morgan fingerprint density at radius 3 is 2.74 bits per heavy atom. The summed E-state index contributed by atoms with van der Waals surface area (Å²) in [6.07, 6.45) is 0.110. The highest BCUT2D eigenvalue weighted by Crippen LogP contribution is 2.34. The number of imidazole rings is 1. The van der Waals surface area contributed by atoms with E-state index in [0.717, 1.165) is 11.6 Å². The number of aromatic nitrogens is 4. The van der Waals surface area contributed by atoms with Gasteiger partial charge in [0.1, 0.15) is 18.5 Å². The molecule has 1 aliphatic rings. The van der Waals surface area contributed by atoms with Crippen LogP contribution in [0.4, 0.5) is 0 Å². The van der Waals surface area contributed by atoms with Crippen LogP contribution in [0.2, 0.25) is 25.7 Å². The fraction of sp³-hybridized carbons (Fsp3) is 0.500. The van der Waals surface area contributed by atoms with Crippen molar-refractivity contribution in [2.24, 2.45) is 0 Å². The molecule has 1 saturated heterocycles. The molecule has 1 N–H and O–H groups in total. The highest BCUT2D eigenvalue weighted by atomic mass is 28.3. The van der Waals surface area contributed by atoms with Gasteiger partial charge in [-0.1, -0.05) is 50.0 Å². The van der Waals surface area contributed by atoms with Crippen molar-refractivity contribution < 1.29 is 20.7 Å². The van der Waals surface area contributed by atoms with Crippen molar-refractivity contribution in [1.82, 2.24) is 19.5 Å². The standard InChI is InChI=1S/C22H30N4O4Si/c1-15-18(27)19(29-12-16-8-6-5-7-9-16)22(30-15)26-14-25-17-20(26)23-13-24-21(17)28-10-11-31(2,3)4/h5-9,13-15,18-19,22,27H,10-12H2,1-4H3/t15-,18-,19-,22-/m1/s1/i1D. The van der Waals surface area contributed by atoms with Crippen molar-refractivity contribution in [3.8, 4) is 5.88 Å². The Labute approximate surface area is 184 Å². The Morgan fingerprint density at radius 1 is 1.19 bits per heavy atom. The Hall–Kier alpha value is -2.33. The first-order valence-electron chi connectivity index (χ1n) is 11.2. The topological polar surface area (TPSA) is 91.5 Å². The SMILES string of the molecule is [2H]C[C@H]1O[C@@H](n2cnc3c(OCC[Si](C)(C)C)ncnc32)[C@H](OCc2ccccc2)[C@@H]1O. The Kier molecular flexibility index (Phi) is 5.99. The van der Waals surface area contributed by atoms with Crippen LogP contribution in [0.15, 0.2) is 43.0 Å². The molecule has 2 aromatic heterocycles. The van der Waals surface area contributed by atoms with Crippen LogP contribution in [-0.2, 0) is 16.1 Å². The Morgan fingerprint density at radius 2 is 2.00 bits per heavy atom. The van der Waals surface area contributed by atoms with Crippen molar-refractivity contribution in [2.45, 2.75) is 63.7 Å². The zero-order valence-electron chi connectivity index (χ0n) is 19.1. The molecule has 3 aromatic rings. The lowest BCUT2D eigenvalue weighted by atomic mass is 10.1. The number of aliphatic hydroxyl groups is 1. The number of hydrogen-bond acceptors (Lipinski definition) is 7. The predicted molar refractivity (Wildman–Crippen MR) is 120 cm³/mol. The summed E-state index contributed by atoms with van der Waals surface area (Å²) in [5.74, 6) is 0.435. The lowest BCUT2D eigenvalue weighted by Gasteiger charge is -2.22. The number of benzene rings is 1. The Balaban J connectivity index is 1.57. The van der Waals surface area contributed by atoms with Gasteiger partial charge in [0.25, 0.3) is 0 Å². The molecule has 31 heavy (non-hydrogen) atoms. The van der Waals surface area contributed by atoms with Gasteiger partial charge < -0.3 is 19.3 Å². The third kappa shape index (κ3) is 4.95. The lowest BCUT2D eigenvalue weighted by molar-refractivity contribution is -0.0728. The summed E-state index contributed by atoms with van der Waals surface area (Å²) in [5, 5.41) is 10.8. The maximum atomic E-state index is 10.8. The van der Waals surface area contributed by atoms with Gasteiger partial charge in [0.2, 0.25) is 5.88 Å². The smallest absolute Gasteiger partial charge is 0.245 e. The minimum absolute atomic E-state index is 0.0739. The normalized spacial score (nSPS) is 24.5. The summed E-state index contributed by atoms with van der Waals surface area (Å²) in [4.78, 5) is 13.1. The van der Waals surface area contributed by atoms with Crippen molar-refractivity contribution >= 4 is 19.2 Å². The maximum absolute atomic E-state index is 10.8. The van der Waals surface area contributed by atoms with Crippen LogP contribution in [-0.4, -0.2) is 57.6 Å². The van der Waals surface area contributed by atoms with Crippen LogP contribution in [0.5, 0.6) is 5.88 Å². The van der Waals surface area contributed by atoms with E-state index < -0.39 is 32.6 Å². The number of ether oxygens (including phenoxy) is 3. The summed E-state index contributed by atoms with van der Waals surface area (Å²) < 4.78 is 27.5. The van der Waals surface area contributed by atoms with Gasteiger partial charge in [-0.2, -0.15) is 4.98 Å². The molecule has 0 saturated carbocycles. The van der Waals surface area contributed by atoms with Crippen LogP contribution < -0.4 is 4.74 Å². The van der Waals surface area contributed by atoms with Crippen molar-refractivity contribution in [3.63, 3.8) is 0 Å². The third-order valence-electron chi connectivity index (χ3n) is 5.29. The fourth-order valence-corrected chi connectivity index (χ4v) is 4.18. The molecular formula is C22H30N4O4Si. The molecular weight excluding hydrogens is 412 g/mol. The van der Waals surface area contributed by atoms with Crippen LogP contribution in [0.1, 0.15) is 20.1 Å². The Bertz CT molecular complexity index is 1030. The van der Waals surface area contributed by atoms with Crippen molar-refractivity contribution in [1.29, 1.82) is 0 Å². The van der Waals surface area contributed by atoms with Crippen molar-refractivity contribution in [2.75, 3.05) is 6.61 Å². The number of fused-ring (bicyclic) bond motifs is 1. The number of rotatable bonds is 8. The van der Waals surface area contributed by atoms with Gasteiger partial charge in [-0.25, -0.2) is 9.97 Å². The van der Waals surface area contributed by atoms with Gasteiger partial charge in [0.15, 0.2) is 17.4 Å². The summed E-state index contributed by atoms with van der Waals surface area (Å²) in [6.45, 7) is 7.71.